The van der Waals surface area contributed by atoms with Crippen LogP contribution in [0, 0.1) is 17.7 Å². The van der Waals surface area contributed by atoms with E-state index in [2.05, 4.69) is 25.7 Å². The summed E-state index contributed by atoms with van der Waals surface area (Å²) in [6, 6.07) is 0.299. The van der Waals surface area contributed by atoms with Crippen molar-refractivity contribution in [1.29, 1.82) is 0 Å². The molecule has 2 aliphatic rings. The molecule has 1 aromatic heterocycles. The number of anilines is 2. The van der Waals surface area contributed by atoms with Crippen molar-refractivity contribution in [3.8, 4) is 0 Å². The molecule has 0 aromatic carbocycles. The number of aromatic nitrogens is 2. The maximum atomic E-state index is 15.4. The van der Waals surface area contributed by atoms with Gasteiger partial charge in [-0.3, -0.25) is 25.6 Å². The van der Waals surface area contributed by atoms with E-state index in [1.54, 1.807) is 0 Å². The Bertz CT molecular complexity index is 841. The highest BCUT2D eigenvalue weighted by Crippen LogP contribution is 2.31. The molecule has 2 amide bonds. The topological polar surface area (TPSA) is 114 Å². The molecule has 2 atom stereocenters. The van der Waals surface area contributed by atoms with Crippen molar-refractivity contribution in [3.05, 3.63) is 5.82 Å². The van der Waals surface area contributed by atoms with E-state index in [1.807, 2.05) is 25.3 Å². The van der Waals surface area contributed by atoms with Crippen LogP contribution in [0.4, 0.5) is 16.0 Å². The predicted octanol–water partition coefficient (Wildman–Crippen LogP) is 2.36. The third kappa shape index (κ3) is 6.92. The number of carbonyl (C=O) groups excluding carboxylic acids is 2. The lowest BCUT2D eigenvalue weighted by atomic mass is 9.92. The van der Waals surface area contributed by atoms with Gasteiger partial charge >= 0.3 is 0 Å². The molecule has 3 N–H and O–H groups in total. The SMILES string of the molecule is CSc1nc(NNC(=O)[C@H](CC2CCCC2)CN(O)C=O)c(F)c(N2CCC[C@@H](N(C)C)C2)n1. The molecule has 2 heterocycles. The van der Waals surface area contributed by atoms with Crippen LogP contribution in [0.25, 0.3) is 0 Å². The number of nitrogens with zero attached hydrogens (tertiary/aromatic N) is 5. The van der Waals surface area contributed by atoms with E-state index in [0.29, 0.717) is 41.7 Å². The number of hydrazine groups is 1. The summed E-state index contributed by atoms with van der Waals surface area (Å²) >= 11 is 1.29. The van der Waals surface area contributed by atoms with E-state index in [0.717, 1.165) is 38.5 Å². The van der Waals surface area contributed by atoms with Gasteiger partial charge in [-0.15, -0.1) is 0 Å². The van der Waals surface area contributed by atoms with Gasteiger partial charge in [-0.25, -0.2) is 15.0 Å². The third-order valence-electron chi connectivity index (χ3n) is 6.72. The van der Waals surface area contributed by atoms with Gasteiger partial charge in [0.1, 0.15) is 0 Å². The van der Waals surface area contributed by atoms with E-state index in [1.165, 1.54) is 11.8 Å². The number of nitrogens with one attached hydrogen (secondary N) is 2. The van der Waals surface area contributed by atoms with Gasteiger partial charge in [-0.05, 0) is 45.5 Å². The lowest BCUT2D eigenvalue weighted by Crippen LogP contribution is -2.46. The summed E-state index contributed by atoms with van der Waals surface area (Å²) in [5, 5.41) is 10.5. The minimum Gasteiger partial charge on any atom is -0.352 e. The Labute approximate surface area is 204 Å². The Hall–Kier alpha value is -2.18. The fraction of sp³-hybridized carbons (Fsp3) is 0.727. The predicted molar refractivity (Wildman–Crippen MR) is 129 cm³/mol. The second-order valence-electron chi connectivity index (χ2n) is 9.33. The minimum absolute atomic E-state index is 0.106. The highest BCUT2D eigenvalue weighted by atomic mass is 32.2. The number of thioether (sulfide) groups is 1. The highest BCUT2D eigenvalue weighted by molar-refractivity contribution is 7.98. The number of hydrogen-bond acceptors (Lipinski definition) is 9. The molecule has 190 valence electrons. The molecule has 0 spiro atoms. The number of rotatable bonds is 11. The number of amides is 2. The lowest BCUT2D eigenvalue weighted by molar-refractivity contribution is -0.154. The molecule has 12 heteroatoms. The van der Waals surface area contributed by atoms with Crippen molar-refractivity contribution in [1.82, 2.24) is 25.4 Å². The zero-order valence-corrected chi connectivity index (χ0v) is 21.0. The number of piperidine rings is 1. The van der Waals surface area contributed by atoms with Gasteiger partial charge in [0.2, 0.25) is 18.1 Å². The Morgan fingerprint density at radius 1 is 1.29 bits per heavy atom. The maximum absolute atomic E-state index is 15.4. The number of hydrogen-bond donors (Lipinski definition) is 3. The molecule has 0 bridgehead atoms. The Morgan fingerprint density at radius 3 is 2.68 bits per heavy atom. The number of likely N-dealkylation sites (N-methyl/N-ethyl adjacent to an activating group) is 1. The fourth-order valence-corrected chi connectivity index (χ4v) is 5.13. The molecule has 1 aliphatic carbocycles. The van der Waals surface area contributed by atoms with Gasteiger partial charge in [0, 0.05) is 19.1 Å². The van der Waals surface area contributed by atoms with Gasteiger partial charge < -0.3 is 9.80 Å². The monoisotopic (exact) mass is 497 g/mol. The average molecular weight is 498 g/mol. The van der Waals surface area contributed by atoms with Crippen LogP contribution < -0.4 is 15.8 Å². The molecular formula is C22H36FN7O3S. The summed E-state index contributed by atoms with van der Waals surface area (Å²) in [5.74, 6) is -1.20. The van der Waals surface area contributed by atoms with Gasteiger partial charge in [0.05, 0.1) is 12.5 Å². The third-order valence-corrected chi connectivity index (χ3v) is 7.27. The van der Waals surface area contributed by atoms with E-state index in [9.17, 15) is 14.8 Å². The van der Waals surface area contributed by atoms with E-state index < -0.39 is 17.6 Å². The Morgan fingerprint density at radius 2 is 2.03 bits per heavy atom. The van der Waals surface area contributed by atoms with Crippen LogP contribution in [0.3, 0.4) is 0 Å². The molecule has 1 saturated heterocycles. The molecule has 3 rings (SSSR count). The van der Waals surface area contributed by atoms with Crippen LogP contribution in [0.1, 0.15) is 44.9 Å². The normalized spacial score (nSPS) is 19.8. The molecule has 2 fully saturated rings. The van der Waals surface area contributed by atoms with Gasteiger partial charge in [0.15, 0.2) is 16.8 Å². The standard InChI is InChI=1S/C22H36FN7O3S/c1-28(2)17-9-6-10-29(13-17)20-18(23)19(24-22(25-20)34-3)26-27-21(32)16(12-30(33)14-31)11-15-7-4-5-8-15/h14-17,33H,4-13H2,1-3H3,(H,27,32)(H,24,25,26)/t16-,17-/m1/s1. The van der Waals surface area contributed by atoms with Crippen molar-refractivity contribution in [2.45, 2.75) is 56.1 Å². The Balaban J connectivity index is 1.73. The van der Waals surface area contributed by atoms with Gasteiger partial charge in [-0.1, -0.05) is 37.4 Å². The first-order valence-corrected chi connectivity index (χ1v) is 13.0. The van der Waals surface area contributed by atoms with E-state index in [-0.39, 0.29) is 24.6 Å². The molecule has 0 radical (unpaired) electrons. The molecule has 1 aliphatic heterocycles. The molecule has 0 unspecified atom stereocenters. The lowest BCUT2D eigenvalue weighted by Gasteiger charge is -2.37. The summed E-state index contributed by atoms with van der Waals surface area (Å²) in [6.45, 7) is 1.22. The quantitative estimate of drug-likeness (QED) is 0.139. The highest BCUT2D eigenvalue weighted by Gasteiger charge is 2.29. The van der Waals surface area contributed by atoms with Crippen LogP contribution in [0.5, 0.6) is 0 Å². The van der Waals surface area contributed by atoms with Crippen molar-refractivity contribution in [3.63, 3.8) is 0 Å². The van der Waals surface area contributed by atoms with Crippen LogP contribution in [-0.4, -0.2) is 83.5 Å². The van der Waals surface area contributed by atoms with Crippen molar-refractivity contribution in [2.75, 3.05) is 50.3 Å². The Kier molecular flexibility index (Phi) is 9.72. The number of halogens is 1. The van der Waals surface area contributed by atoms with Crippen molar-refractivity contribution < 1.29 is 19.2 Å². The molecule has 1 saturated carbocycles. The van der Waals surface area contributed by atoms with Crippen molar-refractivity contribution in [2.24, 2.45) is 11.8 Å². The van der Waals surface area contributed by atoms with E-state index >= 15 is 4.39 Å². The minimum atomic E-state index is -0.627. The van der Waals surface area contributed by atoms with Crippen LogP contribution in [-0.2, 0) is 9.59 Å². The van der Waals surface area contributed by atoms with Crippen LogP contribution >= 0.6 is 11.8 Å². The van der Waals surface area contributed by atoms with Gasteiger partial charge in [-0.2, -0.15) is 4.39 Å². The zero-order valence-electron chi connectivity index (χ0n) is 20.2. The first-order valence-electron chi connectivity index (χ1n) is 11.8. The summed E-state index contributed by atoms with van der Waals surface area (Å²) in [4.78, 5) is 36.5. The second kappa shape index (κ2) is 12.5. The largest absolute Gasteiger partial charge is 0.352 e. The fourth-order valence-electron chi connectivity index (χ4n) is 4.77. The zero-order chi connectivity index (χ0) is 24.7. The first-order chi connectivity index (χ1) is 16.3. The molecular weight excluding hydrogens is 461 g/mol. The molecule has 34 heavy (non-hydrogen) atoms. The smallest absolute Gasteiger partial charge is 0.243 e. The first kappa shape index (κ1) is 26.4. The summed E-state index contributed by atoms with van der Waals surface area (Å²) in [5.41, 5.74) is 5.18. The average Bonchev–Trinajstić information content (AvgIpc) is 3.35. The van der Waals surface area contributed by atoms with Gasteiger partial charge in [0.25, 0.3) is 0 Å². The van der Waals surface area contributed by atoms with Crippen molar-refractivity contribution >= 4 is 35.7 Å². The second-order valence-corrected chi connectivity index (χ2v) is 10.1. The summed E-state index contributed by atoms with van der Waals surface area (Å²) in [7, 11) is 4.03. The van der Waals surface area contributed by atoms with E-state index in [4.69, 9.17) is 0 Å². The van der Waals surface area contributed by atoms with Crippen LogP contribution in [0.2, 0.25) is 0 Å². The number of hydroxylamine groups is 2. The number of carbonyl (C=O) groups is 2. The molecule has 10 nitrogen and oxygen atoms in total. The van der Waals surface area contributed by atoms with Crippen LogP contribution in [0.15, 0.2) is 5.16 Å². The molecule has 1 aromatic rings. The summed E-state index contributed by atoms with van der Waals surface area (Å²) in [6.07, 6.45) is 8.88. The summed E-state index contributed by atoms with van der Waals surface area (Å²) < 4.78 is 15.4. The maximum Gasteiger partial charge on any atom is 0.243 e.